The molecule has 1 atom stereocenters. The third kappa shape index (κ3) is 7.06. The minimum absolute atomic E-state index is 0.0537. The van der Waals surface area contributed by atoms with Gasteiger partial charge in [-0.2, -0.15) is 5.10 Å². The van der Waals surface area contributed by atoms with E-state index in [1.54, 1.807) is 47.3 Å². The van der Waals surface area contributed by atoms with Crippen LogP contribution < -0.4 is 24.6 Å². The predicted molar refractivity (Wildman–Crippen MR) is 223 cm³/mol. The molecule has 1 saturated carbocycles. The van der Waals surface area contributed by atoms with Gasteiger partial charge >= 0.3 is 0 Å². The Morgan fingerprint density at radius 3 is 2.38 bits per heavy atom. The fraction of sp³-hybridized carbons (Fsp3) is 0.395. The third-order valence-corrected chi connectivity index (χ3v) is 14.6. The average Bonchev–Trinajstić information content (AvgIpc) is 3.98. The first-order valence-corrected chi connectivity index (χ1v) is 22.1. The quantitative estimate of drug-likeness (QED) is 0.193. The number of nitrogens with one attached hydrogen (secondary N) is 2. The number of methoxy groups -OCH3 is 1. The molecule has 3 aromatic carbocycles. The SMILES string of the molecule is COc1cc(Cn2cccn2)cc2onc(NS(=O)(=O)c3cccc(N4CCN(C5CC6(CCN(c7ccc8c(c7)C(=O)N(C7CCC(=O)NC7=O)C8=O)CC6)C5)CC4)c3)c12. The number of carbonyl (C=O) groups excluding carboxylic acids is 4. The molecule has 2 N–H and O–H groups in total. The van der Waals surface area contributed by atoms with E-state index in [0.717, 1.165) is 86.8 Å². The molecule has 1 aliphatic carbocycles. The van der Waals surface area contributed by atoms with E-state index in [1.165, 1.54) is 7.11 Å². The van der Waals surface area contributed by atoms with Crippen LogP contribution in [0.25, 0.3) is 11.0 Å². The Bertz CT molecular complexity index is 2680. The molecule has 4 aliphatic heterocycles. The number of fused-ring (bicyclic) bond motifs is 2. The number of rotatable bonds is 10. The first-order chi connectivity index (χ1) is 29.5. The Morgan fingerprint density at radius 1 is 0.885 bits per heavy atom. The number of anilines is 3. The molecule has 316 valence electrons. The largest absolute Gasteiger partial charge is 0.496 e. The van der Waals surface area contributed by atoms with Crippen molar-refractivity contribution in [3.05, 3.63) is 89.7 Å². The fourth-order valence-corrected chi connectivity index (χ4v) is 10.9. The van der Waals surface area contributed by atoms with Crippen LogP contribution in [0.4, 0.5) is 17.2 Å². The molecule has 18 heteroatoms. The van der Waals surface area contributed by atoms with E-state index in [1.807, 2.05) is 30.5 Å². The number of aromatic nitrogens is 3. The summed E-state index contributed by atoms with van der Waals surface area (Å²) in [6.45, 7) is 5.50. The van der Waals surface area contributed by atoms with Gasteiger partial charge in [-0.1, -0.05) is 11.2 Å². The number of sulfonamides is 1. The van der Waals surface area contributed by atoms with Gasteiger partial charge in [0, 0.05) is 75.5 Å². The monoisotopic (exact) mass is 847 g/mol. The lowest BCUT2D eigenvalue weighted by Gasteiger charge is -2.56. The molecule has 6 heterocycles. The maximum Gasteiger partial charge on any atom is 0.263 e. The molecule has 1 unspecified atom stereocenters. The zero-order valence-electron chi connectivity index (χ0n) is 33.6. The highest BCUT2D eigenvalue weighted by atomic mass is 32.2. The smallest absolute Gasteiger partial charge is 0.263 e. The van der Waals surface area contributed by atoms with Gasteiger partial charge < -0.3 is 19.1 Å². The molecule has 4 fully saturated rings. The number of amides is 4. The van der Waals surface area contributed by atoms with Crippen molar-refractivity contribution in [3.8, 4) is 5.75 Å². The van der Waals surface area contributed by atoms with E-state index >= 15 is 0 Å². The van der Waals surface area contributed by atoms with Crippen LogP contribution >= 0.6 is 0 Å². The standard InChI is InChI=1S/C43H45N9O8S/c1-59-35-20-27(26-51-13-3-12-44-51)21-36-38(35)39(46-60-36)47-61(57,58)31-5-2-4-28(22-31)49-16-18-50(19-17-49)30-24-43(25-30)10-14-48(15-11-43)29-6-7-32-33(23-29)42(56)52(41(32)55)34-8-9-37(53)45-40(34)54/h2-7,12-13,20-23,30,34H,8-11,14-19,24-26H2,1H3,(H,46,47)(H,45,53,54). The zero-order chi connectivity index (χ0) is 42.0. The lowest BCUT2D eigenvalue weighted by atomic mass is 9.60. The van der Waals surface area contributed by atoms with E-state index in [4.69, 9.17) is 9.26 Å². The Morgan fingerprint density at radius 2 is 1.64 bits per heavy atom. The highest BCUT2D eigenvalue weighted by molar-refractivity contribution is 7.92. The highest BCUT2D eigenvalue weighted by Crippen LogP contribution is 2.51. The average molecular weight is 848 g/mol. The Balaban J connectivity index is 0.726. The van der Waals surface area contributed by atoms with Gasteiger partial charge in [-0.3, -0.25) is 43.7 Å². The lowest BCUT2D eigenvalue weighted by Crippen LogP contribution is -2.59. The summed E-state index contributed by atoms with van der Waals surface area (Å²) in [5, 5.41) is 11.0. The van der Waals surface area contributed by atoms with Gasteiger partial charge in [0.05, 0.1) is 29.7 Å². The minimum Gasteiger partial charge on any atom is -0.496 e. The highest BCUT2D eigenvalue weighted by Gasteiger charge is 2.49. The summed E-state index contributed by atoms with van der Waals surface area (Å²) < 4.78 is 43.0. The molecule has 1 spiro atoms. The first-order valence-electron chi connectivity index (χ1n) is 20.6. The molecule has 0 radical (unpaired) electrons. The second kappa shape index (κ2) is 15.0. The second-order valence-electron chi connectivity index (χ2n) is 16.8. The summed E-state index contributed by atoms with van der Waals surface area (Å²) in [5.41, 5.74) is 3.86. The van der Waals surface area contributed by atoms with Crippen molar-refractivity contribution in [1.29, 1.82) is 0 Å². The summed E-state index contributed by atoms with van der Waals surface area (Å²) in [6.07, 6.45) is 8.09. The predicted octanol–water partition coefficient (Wildman–Crippen LogP) is 3.85. The van der Waals surface area contributed by atoms with Gasteiger partial charge in [0.15, 0.2) is 11.4 Å². The van der Waals surface area contributed by atoms with Crippen molar-refractivity contribution in [3.63, 3.8) is 0 Å². The van der Waals surface area contributed by atoms with E-state index in [-0.39, 0.29) is 29.0 Å². The molecule has 61 heavy (non-hydrogen) atoms. The van der Waals surface area contributed by atoms with Crippen molar-refractivity contribution in [1.82, 2.24) is 30.1 Å². The number of carbonyl (C=O) groups is 4. The van der Waals surface area contributed by atoms with Crippen LogP contribution in [0.2, 0.25) is 0 Å². The summed E-state index contributed by atoms with van der Waals surface area (Å²) in [6, 6.07) is 17.3. The van der Waals surface area contributed by atoms with E-state index in [9.17, 15) is 27.6 Å². The minimum atomic E-state index is -4.02. The van der Waals surface area contributed by atoms with Gasteiger partial charge in [-0.05, 0) is 97.7 Å². The molecule has 2 aromatic heterocycles. The van der Waals surface area contributed by atoms with Crippen LogP contribution in [0.3, 0.4) is 0 Å². The molecular weight excluding hydrogens is 803 g/mol. The maximum absolute atomic E-state index is 13.7. The van der Waals surface area contributed by atoms with Crippen LogP contribution in [0, 0.1) is 5.41 Å². The summed E-state index contributed by atoms with van der Waals surface area (Å²) in [7, 11) is -2.50. The summed E-state index contributed by atoms with van der Waals surface area (Å²) >= 11 is 0. The van der Waals surface area contributed by atoms with Gasteiger partial charge in [-0.25, -0.2) is 8.42 Å². The van der Waals surface area contributed by atoms with E-state index in [0.29, 0.717) is 40.4 Å². The first kappa shape index (κ1) is 38.9. The Labute approximate surface area is 351 Å². The molecule has 10 rings (SSSR count). The molecule has 4 amide bonds. The topological polar surface area (TPSA) is 193 Å². The maximum atomic E-state index is 13.7. The Hall–Kier alpha value is -6.27. The van der Waals surface area contributed by atoms with Crippen molar-refractivity contribution in [2.24, 2.45) is 5.41 Å². The zero-order valence-corrected chi connectivity index (χ0v) is 34.4. The van der Waals surface area contributed by atoms with Crippen LogP contribution in [0.15, 0.2) is 82.5 Å². The third-order valence-electron chi connectivity index (χ3n) is 13.2. The van der Waals surface area contributed by atoms with Gasteiger partial charge in [0.1, 0.15) is 17.2 Å². The normalized spacial score (nSPS) is 20.9. The van der Waals surface area contributed by atoms with Gasteiger partial charge in [-0.15, -0.1) is 0 Å². The number of piperidine rings is 2. The molecule has 5 aliphatic rings. The molecular formula is C43H45N9O8S. The number of hydrogen-bond acceptors (Lipinski definition) is 13. The summed E-state index contributed by atoms with van der Waals surface area (Å²) in [4.78, 5) is 58.9. The molecule has 0 bridgehead atoms. The van der Waals surface area contributed by atoms with Gasteiger partial charge in [0.2, 0.25) is 11.8 Å². The lowest BCUT2D eigenvalue weighted by molar-refractivity contribution is -0.136. The second-order valence-corrected chi connectivity index (χ2v) is 18.4. The summed E-state index contributed by atoms with van der Waals surface area (Å²) in [5.74, 6) is -1.51. The van der Waals surface area contributed by atoms with Crippen LogP contribution in [0.5, 0.6) is 5.75 Å². The number of imide groups is 2. The van der Waals surface area contributed by atoms with E-state index < -0.39 is 39.7 Å². The van der Waals surface area contributed by atoms with Crippen molar-refractivity contribution >= 4 is 61.8 Å². The van der Waals surface area contributed by atoms with Crippen molar-refractivity contribution in [2.45, 2.75) is 62.0 Å². The Kier molecular flexibility index (Phi) is 9.58. The number of ether oxygens (including phenoxy) is 1. The number of nitrogens with zero attached hydrogens (tertiary/aromatic N) is 7. The van der Waals surface area contributed by atoms with Crippen molar-refractivity contribution in [2.75, 3.05) is 60.9 Å². The number of benzene rings is 3. The van der Waals surface area contributed by atoms with Gasteiger partial charge in [0.25, 0.3) is 21.8 Å². The van der Waals surface area contributed by atoms with Crippen LogP contribution in [0.1, 0.15) is 64.8 Å². The number of hydrogen-bond donors (Lipinski definition) is 2. The van der Waals surface area contributed by atoms with Crippen molar-refractivity contribution < 1.29 is 36.9 Å². The van der Waals surface area contributed by atoms with Crippen LogP contribution in [-0.4, -0.2) is 115 Å². The molecule has 17 nitrogen and oxygen atoms in total. The van der Waals surface area contributed by atoms with E-state index in [2.05, 4.69) is 35.0 Å². The molecule has 5 aromatic rings. The molecule has 3 saturated heterocycles. The number of piperazine rings is 1. The fourth-order valence-electron chi connectivity index (χ4n) is 9.87. The van der Waals surface area contributed by atoms with Crippen LogP contribution in [-0.2, 0) is 26.2 Å².